The number of carbonyl (C=O) groups excluding carboxylic acids is 1. The molecule has 2 heterocycles. The maximum atomic E-state index is 13.4. The second-order valence-electron chi connectivity index (χ2n) is 11.2. The summed E-state index contributed by atoms with van der Waals surface area (Å²) in [6, 6.07) is 5.87. The Morgan fingerprint density at radius 3 is 2.73 bits per heavy atom. The number of benzene rings is 1. The Morgan fingerprint density at radius 2 is 2.00 bits per heavy atom. The first-order valence-corrected chi connectivity index (χ1v) is 12.5. The van der Waals surface area contributed by atoms with Crippen LogP contribution in [0.15, 0.2) is 18.2 Å². The summed E-state index contributed by atoms with van der Waals surface area (Å²) in [6.07, 6.45) is 7.68. The molecular weight excluding hydrogens is 416 g/mol. The first-order chi connectivity index (χ1) is 15.8. The van der Waals surface area contributed by atoms with Gasteiger partial charge in [-0.1, -0.05) is 0 Å². The molecule has 1 aromatic carbocycles. The molecule has 4 bridgehead atoms. The van der Waals surface area contributed by atoms with Crippen molar-refractivity contribution < 1.29 is 14.6 Å². The number of aromatic nitrogens is 2. The Balaban J connectivity index is 1.20. The van der Waals surface area contributed by atoms with E-state index >= 15 is 0 Å². The van der Waals surface area contributed by atoms with E-state index in [0.717, 1.165) is 73.8 Å². The molecular formula is C26H34N4O3. The molecule has 176 valence electrons. The summed E-state index contributed by atoms with van der Waals surface area (Å²) in [5, 5.41) is 15.5. The molecule has 2 aromatic rings. The molecule has 1 saturated heterocycles. The van der Waals surface area contributed by atoms with Crippen LogP contribution in [0.4, 0.5) is 5.95 Å². The fourth-order valence-electron chi connectivity index (χ4n) is 7.62. The molecule has 0 spiro atoms. The summed E-state index contributed by atoms with van der Waals surface area (Å²) in [6.45, 7) is 3.49. The Hall–Kier alpha value is -2.41. The molecule has 1 aromatic heterocycles. The van der Waals surface area contributed by atoms with E-state index in [-0.39, 0.29) is 17.4 Å². The van der Waals surface area contributed by atoms with Gasteiger partial charge in [-0.05, 0) is 82.3 Å². The normalized spacial score (nSPS) is 35.1. The zero-order valence-electron chi connectivity index (χ0n) is 19.6. The number of hydrogen-bond donors (Lipinski definition) is 2. The number of amides is 1. The highest BCUT2D eigenvalue weighted by Crippen LogP contribution is 2.57. The summed E-state index contributed by atoms with van der Waals surface area (Å²) in [5.74, 6) is 2.65. The first-order valence-electron chi connectivity index (χ1n) is 12.5. The number of aryl methyl sites for hydroxylation is 1. The Labute approximate surface area is 194 Å². The lowest BCUT2D eigenvalue weighted by atomic mass is 9.51. The van der Waals surface area contributed by atoms with Gasteiger partial charge in [0.1, 0.15) is 5.75 Å². The Kier molecular flexibility index (Phi) is 4.84. The van der Waals surface area contributed by atoms with Crippen LogP contribution in [0.25, 0.3) is 10.9 Å². The molecule has 7 nitrogen and oxygen atoms in total. The van der Waals surface area contributed by atoms with Gasteiger partial charge < -0.3 is 20.1 Å². The van der Waals surface area contributed by atoms with Gasteiger partial charge in [0.2, 0.25) is 11.9 Å². The van der Waals surface area contributed by atoms with Gasteiger partial charge in [0.15, 0.2) is 0 Å². The van der Waals surface area contributed by atoms with E-state index in [1.807, 2.05) is 25.1 Å². The molecule has 4 aliphatic carbocycles. The van der Waals surface area contributed by atoms with E-state index in [9.17, 15) is 9.90 Å². The largest absolute Gasteiger partial charge is 0.497 e. The van der Waals surface area contributed by atoms with Crippen LogP contribution < -0.4 is 15.0 Å². The van der Waals surface area contributed by atoms with Crippen molar-refractivity contribution in [2.75, 3.05) is 25.1 Å². The molecule has 1 amide bonds. The molecule has 7 rings (SSSR count). The second kappa shape index (κ2) is 7.55. The lowest BCUT2D eigenvalue weighted by Gasteiger charge is -2.60. The lowest BCUT2D eigenvalue weighted by Crippen LogP contribution is -2.66. The zero-order chi connectivity index (χ0) is 22.8. The third kappa shape index (κ3) is 3.74. The van der Waals surface area contributed by atoms with E-state index < -0.39 is 5.60 Å². The number of carbonyl (C=O) groups is 1. The van der Waals surface area contributed by atoms with Gasteiger partial charge in [0.25, 0.3) is 0 Å². The number of ether oxygens (including phenoxy) is 1. The molecule has 7 heteroatoms. The highest BCUT2D eigenvalue weighted by atomic mass is 16.5. The smallest absolute Gasteiger partial charge is 0.226 e. The van der Waals surface area contributed by atoms with Crippen LogP contribution >= 0.6 is 0 Å². The third-order valence-corrected chi connectivity index (χ3v) is 8.58. The van der Waals surface area contributed by atoms with Crippen molar-refractivity contribution in [2.24, 2.45) is 17.8 Å². The van der Waals surface area contributed by atoms with Crippen LogP contribution in [-0.4, -0.2) is 52.3 Å². The molecule has 3 atom stereocenters. The van der Waals surface area contributed by atoms with Gasteiger partial charge >= 0.3 is 0 Å². The molecule has 4 saturated carbocycles. The third-order valence-electron chi connectivity index (χ3n) is 8.58. The van der Waals surface area contributed by atoms with Crippen molar-refractivity contribution in [3.63, 3.8) is 0 Å². The van der Waals surface area contributed by atoms with Crippen molar-refractivity contribution in [3.05, 3.63) is 23.9 Å². The van der Waals surface area contributed by atoms with Gasteiger partial charge in [0, 0.05) is 30.1 Å². The van der Waals surface area contributed by atoms with E-state index in [0.29, 0.717) is 24.3 Å². The SMILES string of the molecule is COc1ccc2c(C)nc(N3CCCC(C(=O)NC45CC6CC(CC(O)(C6)C4)C5)C3)nc2c1. The van der Waals surface area contributed by atoms with Gasteiger partial charge in [0.05, 0.1) is 29.8 Å². The Bertz CT molecular complexity index is 1090. The molecule has 0 radical (unpaired) electrons. The van der Waals surface area contributed by atoms with Crippen molar-refractivity contribution in [1.29, 1.82) is 0 Å². The highest BCUT2D eigenvalue weighted by Gasteiger charge is 2.57. The number of nitrogens with one attached hydrogen (secondary N) is 1. The van der Waals surface area contributed by atoms with Crippen molar-refractivity contribution >= 4 is 22.8 Å². The molecule has 2 N–H and O–H groups in total. The van der Waals surface area contributed by atoms with Crippen molar-refractivity contribution in [3.8, 4) is 5.75 Å². The summed E-state index contributed by atoms with van der Waals surface area (Å²) >= 11 is 0. The van der Waals surface area contributed by atoms with Crippen molar-refractivity contribution in [1.82, 2.24) is 15.3 Å². The van der Waals surface area contributed by atoms with Crippen LogP contribution in [0, 0.1) is 24.7 Å². The van der Waals surface area contributed by atoms with Gasteiger partial charge in [-0.2, -0.15) is 0 Å². The monoisotopic (exact) mass is 450 g/mol. The van der Waals surface area contributed by atoms with E-state index in [2.05, 4.69) is 10.2 Å². The predicted molar refractivity (Wildman–Crippen MR) is 126 cm³/mol. The number of methoxy groups -OCH3 is 1. The van der Waals surface area contributed by atoms with Gasteiger partial charge in [-0.3, -0.25) is 4.79 Å². The fraction of sp³-hybridized carbons (Fsp3) is 0.654. The number of rotatable bonds is 4. The Morgan fingerprint density at radius 1 is 1.21 bits per heavy atom. The van der Waals surface area contributed by atoms with Crippen molar-refractivity contribution in [2.45, 2.75) is 69.4 Å². The molecule has 5 fully saturated rings. The maximum absolute atomic E-state index is 13.4. The summed E-state index contributed by atoms with van der Waals surface area (Å²) in [4.78, 5) is 25.2. The van der Waals surface area contributed by atoms with E-state index in [1.54, 1.807) is 7.11 Å². The number of aliphatic hydroxyl groups is 1. The molecule has 3 unspecified atom stereocenters. The van der Waals surface area contributed by atoms with Crippen LogP contribution in [0.5, 0.6) is 5.75 Å². The average Bonchev–Trinajstić information content (AvgIpc) is 2.76. The molecule has 1 aliphatic heterocycles. The van der Waals surface area contributed by atoms with Crippen LogP contribution in [0.1, 0.15) is 57.1 Å². The maximum Gasteiger partial charge on any atom is 0.226 e. The first kappa shape index (κ1) is 21.1. The highest BCUT2D eigenvalue weighted by molar-refractivity contribution is 5.83. The zero-order valence-corrected chi connectivity index (χ0v) is 19.6. The number of piperidine rings is 1. The van der Waals surface area contributed by atoms with Gasteiger partial charge in [-0.15, -0.1) is 0 Å². The number of hydrogen-bond acceptors (Lipinski definition) is 6. The minimum absolute atomic E-state index is 0.0775. The number of fused-ring (bicyclic) bond motifs is 1. The van der Waals surface area contributed by atoms with E-state index in [4.69, 9.17) is 14.7 Å². The number of nitrogens with zero attached hydrogens (tertiary/aromatic N) is 3. The van der Waals surface area contributed by atoms with Gasteiger partial charge in [-0.25, -0.2) is 9.97 Å². The quantitative estimate of drug-likeness (QED) is 0.743. The second-order valence-corrected chi connectivity index (χ2v) is 11.2. The standard InChI is InChI=1S/C26H34N4O3/c1-16-21-6-5-20(33-2)9-22(21)28-24(27-16)30-7-3-4-19(14-30)23(31)29-25-10-17-8-18(11-25)13-26(32,12-17)15-25/h5-6,9,17-19,32H,3-4,7-8,10-15H2,1-2H3,(H,29,31). The van der Waals surface area contributed by atoms with Crippen LogP contribution in [0.3, 0.4) is 0 Å². The average molecular weight is 451 g/mol. The minimum Gasteiger partial charge on any atom is -0.497 e. The minimum atomic E-state index is -0.562. The van der Waals surface area contributed by atoms with Crippen LogP contribution in [-0.2, 0) is 4.79 Å². The number of anilines is 1. The van der Waals surface area contributed by atoms with E-state index in [1.165, 1.54) is 6.42 Å². The summed E-state index contributed by atoms with van der Waals surface area (Å²) < 4.78 is 5.37. The molecule has 33 heavy (non-hydrogen) atoms. The fourth-order valence-corrected chi connectivity index (χ4v) is 7.62. The summed E-state index contributed by atoms with van der Waals surface area (Å²) in [7, 11) is 1.66. The van der Waals surface area contributed by atoms with Crippen LogP contribution in [0.2, 0.25) is 0 Å². The predicted octanol–water partition coefficient (Wildman–Crippen LogP) is 3.36. The molecule has 5 aliphatic rings. The topological polar surface area (TPSA) is 87.6 Å². The lowest BCUT2D eigenvalue weighted by molar-refractivity contribution is -0.152. The summed E-state index contributed by atoms with van der Waals surface area (Å²) in [5.41, 5.74) is 1.04.